The number of rotatable bonds is 4. The Kier molecular flexibility index (Phi) is 5.65. The second kappa shape index (κ2) is 8.00. The molecule has 27 heavy (non-hydrogen) atoms. The topological polar surface area (TPSA) is 35.6 Å². The van der Waals surface area contributed by atoms with Crippen LogP contribution in [0.25, 0.3) is 0 Å². The number of hydrogen-bond donors (Lipinski definition) is 1. The van der Waals surface area contributed by atoms with Gasteiger partial charge in [0, 0.05) is 37.9 Å². The molecular weight excluding hydrogens is 358 g/mol. The number of amides is 1. The van der Waals surface area contributed by atoms with Crippen molar-refractivity contribution < 1.29 is 4.79 Å². The highest BCUT2D eigenvalue weighted by Gasteiger charge is 2.48. The molecular formula is C22H32ClN3O. The third kappa shape index (κ3) is 3.97. The highest BCUT2D eigenvalue weighted by molar-refractivity contribution is 5.85. The van der Waals surface area contributed by atoms with Crippen molar-refractivity contribution in [3.63, 3.8) is 0 Å². The van der Waals surface area contributed by atoms with Crippen molar-refractivity contribution in [1.29, 1.82) is 0 Å². The number of halogens is 1. The summed E-state index contributed by atoms with van der Waals surface area (Å²) in [5.41, 5.74) is 1.30. The molecule has 1 amide bonds. The van der Waals surface area contributed by atoms with Crippen LogP contribution in [0.5, 0.6) is 0 Å². The van der Waals surface area contributed by atoms with Crippen LogP contribution in [-0.4, -0.2) is 49.6 Å². The van der Waals surface area contributed by atoms with E-state index in [1.165, 1.54) is 37.8 Å². The first-order valence-corrected chi connectivity index (χ1v) is 10.6. The van der Waals surface area contributed by atoms with Gasteiger partial charge in [0.05, 0.1) is 6.54 Å². The van der Waals surface area contributed by atoms with E-state index in [4.69, 9.17) is 0 Å². The molecule has 1 saturated heterocycles. The summed E-state index contributed by atoms with van der Waals surface area (Å²) in [6.45, 7) is 4.55. The number of carbonyl (C=O) groups excluding carboxylic acids is 1. The number of benzene rings is 1. The number of hydrogen-bond acceptors (Lipinski definition) is 3. The zero-order valence-electron chi connectivity index (χ0n) is 16.1. The second-order valence-corrected chi connectivity index (χ2v) is 9.12. The van der Waals surface area contributed by atoms with Crippen LogP contribution < -0.4 is 10.2 Å². The maximum Gasteiger partial charge on any atom is 0.234 e. The third-order valence-electron chi connectivity index (χ3n) is 7.42. The normalized spacial score (nSPS) is 35.0. The van der Waals surface area contributed by atoms with Crippen molar-refractivity contribution in [2.45, 2.75) is 38.1 Å². The second-order valence-electron chi connectivity index (χ2n) is 9.12. The molecule has 0 radical (unpaired) electrons. The van der Waals surface area contributed by atoms with E-state index in [0.29, 0.717) is 12.6 Å². The minimum Gasteiger partial charge on any atom is -0.369 e. The molecule has 5 heteroatoms. The molecule has 0 spiro atoms. The minimum absolute atomic E-state index is 0. The predicted molar refractivity (Wildman–Crippen MR) is 111 cm³/mol. The van der Waals surface area contributed by atoms with Gasteiger partial charge in [-0.1, -0.05) is 18.2 Å². The van der Waals surface area contributed by atoms with Crippen molar-refractivity contribution in [2.24, 2.45) is 23.7 Å². The Morgan fingerprint density at radius 2 is 1.48 bits per heavy atom. The monoisotopic (exact) mass is 389 g/mol. The van der Waals surface area contributed by atoms with Crippen LogP contribution in [0.1, 0.15) is 32.1 Å². The zero-order chi connectivity index (χ0) is 17.5. The Hall–Kier alpha value is -1.26. The van der Waals surface area contributed by atoms with E-state index in [1.54, 1.807) is 0 Å². The largest absolute Gasteiger partial charge is 0.369 e. The lowest BCUT2D eigenvalue weighted by Gasteiger charge is -2.54. The van der Waals surface area contributed by atoms with Crippen molar-refractivity contribution in [2.75, 3.05) is 37.6 Å². The van der Waals surface area contributed by atoms with E-state index in [9.17, 15) is 4.79 Å². The van der Waals surface area contributed by atoms with Crippen molar-refractivity contribution in [3.05, 3.63) is 30.3 Å². The van der Waals surface area contributed by atoms with Gasteiger partial charge >= 0.3 is 0 Å². The molecule has 1 N–H and O–H groups in total. The Morgan fingerprint density at radius 3 is 2.07 bits per heavy atom. The van der Waals surface area contributed by atoms with Crippen LogP contribution in [0, 0.1) is 23.7 Å². The van der Waals surface area contributed by atoms with Crippen molar-refractivity contribution in [1.82, 2.24) is 10.2 Å². The van der Waals surface area contributed by atoms with E-state index in [0.717, 1.165) is 49.9 Å². The van der Waals surface area contributed by atoms with E-state index in [-0.39, 0.29) is 18.3 Å². The van der Waals surface area contributed by atoms with Gasteiger partial charge in [0.2, 0.25) is 5.91 Å². The molecule has 5 fully saturated rings. The highest BCUT2D eigenvalue weighted by atomic mass is 35.5. The summed E-state index contributed by atoms with van der Waals surface area (Å²) in [4.78, 5) is 17.4. The summed E-state index contributed by atoms with van der Waals surface area (Å²) in [5.74, 6) is 3.74. The first-order chi connectivity index (χ1) is 12.7. The van der Waals surface area contributed by atoms with Crippen LogP contribution >= 0.6 is 12.4 Å². The maximum atomic E-state index is 12.7. The Morgan fingerprint density at radius 1 is 0.889 bits per heavy atom. The first-order valence-electron chi connectivity index (χ1n) is 10.6. The molecule has 4 nitrogen and oxygen atoms in total. The Labute approximate surface area is 169 Å². The molecule has 1 aliphatic heterocycles. The van der Waals surface area contributed by atoms with Crippen molar-refractivity contribution >= 4 is 24.0 Å². The van der Waals surface area contributed by atoms with Gasteiger partial charge in [-0.3, -0.25) is 9.69 Å². The molecule has 1 heterocycles. The van der Waals surface area contributed by atoms with Crippen LogP contribution in [0.2, 0.25) is 0 Å². The van der Waals surface area contributed by atoms with E-state index in [2.05, 4.69) is 45.4 Å². The summed E-state index contributed by atoms with van der Waals surface area (Å²) >= 11 is 0. The average molecular weight is 390 g/mol. The van der Waals surface area contributed by atoms with E-state index < -0.39 is 0 Å². The molecule has 0 aromatic heterocycles. The van der Waals surface area contributed by atoms with Crippen LogP contribution in [0.4, 0.5) is 5.69 Å². The highest BCUT2D eigenvalue weighted by Crippen LogP contribution is 2.53. The fraction of sp³-hybridized carbons (Fsp3) is 0.682. The summed E-state index contributed by atoms with van der Waals surface area (Å²) < 4.78 is 0. The third-order valence-corrected chi connectivity index (χ3v) is 7.42. The van der Waals surface area contributed by atoms with Crippen LogP contribution in [0.15, 0.2) is 30.3 Å². The molecule has 4 saturated carbocycles. The van der Waals surface area contributed by atoms with E-state index in [1.807, 2.05) is 0 Å². The summed E-state index contributed by atoms with van der Waals surface area (Å²) in [5, 5.41) is 3.46. The van der Waals surface area contributed by atoms with E-state index >= 15 is 0 Å². The van der Waals surface area contributed by atoms with Gasteiger partial charge in [-0.15, -0.1) is 12.4 Å². The van der Waals surface area contributed by atoms with Gasteiger partial charge in [0.1, 0.15) is 0 Å². The van der Waals surface area contributed by atoms with Crippen molar-refractivity contribution in [3.8, 4) is 0 Å². The molecule has 148 valence electrons. The lowest BCUT2D eigenvalue weighted by Crippen LogP contribution is -2.57. The minimum atomic E-state index is 0. The van der Waals surface area contributed by atoms with Gasteiger partial charge in [-0.25, -0.2) is 0 Å². The van der Waals surface area contributed by atoms with Gasteiger partial charge in [0.25, 0.3) is 0 Å². The predicted octanol–water partition coefficient (Wildman–Crippen LogP) is 3.17. The number of para-hydroxylation sites is 1. The smallest absolute Gasteiger partial charge is 0.234 e. The molecule has 0 unspecified atom stereocenters. The standard InChI is InChI=1S/C22H31N3O.ClH/c26-21(23-22-18-11-16-10-17(13-18)14-19(22)12-16)15-24-6-8-25(9-7-24)20-4-2-1-3-5-20;/h1-5,16-19,22H,6-15H2,(H,23,26);1H. The number of piperazine rings is 1. The van der Waals surface area contributed by atoms with Gasteiger partial charge in [0.15, 0.2) is 0 Å². The number of nitrogens with zero attached hydrogens (tertiary/aromatic N) is 2. The van der Waals surface area contributed by atoms with Crippen LogP contribution in [0.3, 0.4) is 0 Å². The molecule has 4 bridgehead atoms. The van der Waals surface area contributed by atoms with Gasteiger partial charge < -0.3 is 10.2 Å². The summed E-state index contributed by atoms with van der Waals surface area (Å²) in [7, 11) is 0. The lowest BCUT2D eigenvalue weighted by atomic mass is 9.54. The van der Waals surface area contributed by atoms with Gasteiger partial charge in [-0.2, -0.15) is 0 Å². The molecule has 5 aliphatic rings. The summed E-state index contributed by atoms with van der Waals surface area (Å²) in [6.07, 6.45) is 6.95. The van der Waals surface area contributed by atoms with Gasteiger partial charge in [-0.05, 0) is 67.9 Å². The molecule has 4 aliphatic carbocycles. The maximum absolute atomic E-state index is 12.7. The average Bonchev–Trinajstić information content (AvgIpc) is 2.65. The van der Waals surface area contributed by atoms with Crippen LogP contribution in [-0.2, 0) is 4.79 Å². The quantitative estimate of drug-likeness (QED) is 0.859. The molecule has 0 atom stereocenters. The number of anilines is 1. The number of nitrogens with one attached hydrogen (secondary N) is 1. The lowest BCUT2D eigenvalue weighted by molar-refractivity contribution is -0.126. The zero-order valence-corrected chi connectivity index (χ0v) is 16.9. The molecule has 1 aromatic carbocycles. The molecule has 1 aromatic rings. The SMILES string of the molecule is Cl.O=C(CN1CCN(c2ccccc2)CC1)NC1C2CC3CC(C2)CC1C3. The Bertz CT molecular complexity index is 616. The molecule has 6 rings (SSSR count). The summed E-state index contributed by atoms with van der Waals surface area (Å²) in [6, 6.07) is 11.1. The Balaban J connectivity index is 0.00000180. The first kappa shape index (κ1) is 19.1. The fourth-order valence-electron chi connectivity index (χ4n) is 6.40. The fourth-order valence-corrected chi connectivity index (χ4v) is 6.40. The number of carbonyl (C=O) groups is 1.